The fraction of sp³-hybridized carbons (Fsp3) is 0.389. The third kappa shape index (κ3) is 6.02. The molecule has 2 aromatic rings. The molecule has 134 valence electrons. The molecule has 7 heteroatoms. The largest absolute Gasteiger partial charge is 0.494 e. The first-order chi connectivity index (χ1) is 12.1. The highest BCUT2D eigenvalue weighted by Crippen LogP contribution is 2.11. The van der Waals surface area contributed by atoms with Crippen LogP contribution in [0.3, 0.4) is 0 Å². The number of aryl methyl sites for hydroxylation is 1. The summed E-state index contributed by atoms with van der Waals surface area (Å²) in [6.07, 6.45) is 2.26. The Morgan fingerprint density at radius 2 is 1.96 bits per heavy atom. The smallest absolute Gasteiger partial charge is 0.271 e. The van der Waals surface area contributed by atoms with E-state index in [1.54, 1.807) is 12.1 Å². The fourth-order valence-corrected chi connectivity index (χ4v) is 2.18. The number of hydrogen-bond acceptors (Lipinski definition) is 4. The molecule has 0 unspecified atom stereocenters. The molecule has 1 heterocycles. The van der Waals surface area contributed by atoms with Crippen molar-refractivity contribution in [2.75, 3.05) is 13.2 Å². The highest BCUT2D eigenvalue weighted by atomic mass is 19.1. The topological polar surface area (TPSA) is 73.2 Å². The molecule has 0 atom stereocenters. The number of benzene rings is 1. The molecule has 0 spiro atoms. The van der Waals surface area contributed by atoms with E-state index >= 15 is 0 Å². The van der Waals surface area contributed by atoms with Crippen LogP contribution in [-0.2, 0) is 6.54 Å². The van der Waals surface area contributed by atoms with Crippen LogP contribution in [0, 0.1) is 5.82 Å². The van der Waals surface area contributed by atoms with Crippen LogP contribution in [0.25, 0.3) is 0 Å². The lowest BCUT2D eigenvalue weighted by Crippen LogP contribution is -2.30. The van der Waals surface area contributed by atoms with E-state index in [1.165, 1.54) is 28.9 Å². The van der Waals surface area contributed by atoms with Crippen LogP contribution in [0.4, 0.5) is 4.39 Å². The van der Waals surface area contributed by atoms with Crippen molar-refractivity contribution in [1.82, 2.24) is 15.1 Å². The number of carbonyl (C=O) groups excluding carboxylic acids is 1. The number of unbranched alkanes of at least 4 members (excludes halogenated alkanes) is 1. The van der Waals surface area contributed by atoms with Gasteiger partial charge in [-0.1, -0.05) is 6.92 Å². The van der Waals surface area contributed by atoms with Crippen molar-refractivity contribution in [3.8, 4) is 5.75 Å². The number of nitrogens with zero attached hydrogens (tertiary/aromatic N) is 2. The Labute approximate surface area is 145 Å². The number of aromatic nitrogens is 2. The number of ether oxygens (including phenoxy) is 1. The van der Waals surface area contributed by atoms with Gasteiger partial charge in [0.25, 0.3) is 11.5 Å². The van der Waals surface area contributed by atoms with Gasteiger partial charge in [0, 0.05) is 19.2 Å². The van der Waals surface area contributed by atoms with Crippen LogP contribution in [0.5, 0.6) is 5.75 Å². The predicted molar refractivity (Wildman–Crippen MR) is 92.3 cm³/mol. The van der Waals surface area contributed by atoms with Gasteiger partial charge < -0.3 is 10.1 Å². The summed E-state index contributed by atoms with van der Waals surface area (Å²) >= 11 is 0. The van der Waals surface area contributed by atoms with Crippen LogP contribution >= 0.6 is 0 Å². The molecule has 0 aliphatic heterocycles. The number of amides is 1. The van der Waals surface area contributed by atoms with Gasteiger partial charge in [-0.05, 0) is 49.6 Å². The zero-order valence-electron chi connectivity index (χ0n) is 14.2. The number of rotatable bonds is 9. The molecular weight excluding hydrogens is 325 g/mol. The summed E-state index contributed by atoms with van der Waals surface area (Å²) in [4.78, 5) is 23.6. The zero-order chi connectivity index (χ0) is 18.1. The van der Waals surface area contributed by atoms with E-state index in [2.05, 4.69) is 10.4 Å². The molecule has 25 heavy (non-hydrogen) atoms. The van der Waals surface area contributed by atoms with Gasteiger partial charge in [0.1, 0.15) is 17.3 Å². The molecule has 6 nitrogen and oxygen atoms in total. The lowest BCUT2D eigenvalue weighted by atomic mass is 10.3. The Kier molecular flexibility index (Phi) is 7.13. The lowest BCUT2D eigenvalue weighted by molar-refractivity contribution is 0.0944. The van der Waals surface area contributed by atoms with Crippen molar-refractivity contribution in [3.63, 3.8) is 0 Å². The highest BCUT2D eigenvalue weighted by molar-refractivity contribution is 5.91. The van der Waals surface area contributed by atoms with Crippen LogP contribution in [0.2, 0.25) is 0 Å². The molecule has 0 fully saturated rings. The molecule has 1 N–H and O–H groups in total. The molecule has 2 rings (SSSR count). The minimum Gasteiger partial charge on any atom is -0.494 e. The van der Waals surface area contributed by atoms with E-state index in [-0.39, 0.29) is 23.0 Å². The number of nitrogens with one attached hydrogen (secondary N) is 1. The van der Waals surface area contributed by atoms with E-state index < -0.39 is 0 Å². The van der Waals surface area contributed by atoms with Crippen molar-refractivity contribution in [2.24, 2.45) is 0 Å². The molecule has 1 aromatic carbocycles. The number of carbonyl (C=O) groups is 1. The molecule has 0 saturated carbocycles. The third-order valence-electron chi connectivity index (χ3n) is 3.47. The Balaban J connectivity index is 1.69. The first kappa shape index (κ1) is 18.6. The summed E-state index contributed by atoms with van der Waals surface area (Å²) in [5.74, 6) is 0.0195. The zero-order valence-corrected chi connectivity index (χ0v) is 14.2. The maximum absolute atomic E-state index is 12.8. The second kappa shape index (κ2) is 9.56. The second-order valence-electron chi connectivity index (χ2n) is 5.55. The minimum absolute atomic E-state index is 0.212. The van der Waals surface area contributed by atoms with Crippen LogP contribution in [0.15, 0.2) is 41.2 Å². The molecule has 1 amide bonds. The van der Waals surface area contributed by atoms with Gasteiger partial charge in [-0.2, -0.15) is 5.10 Å². The first-order valence-electron chi connectivity index (χ1n) is 8.35. The normalized spacial score (nSPS) is 10.5. The Hall–Kier alpha value is -2.70. The van der Waals surface area contributed by atoms with Gasteiger partial charge in [0.2, 0.25) is 0 Å². The van der Waals surface area contributed by atoms with Gasteiger partial charge >= 0.3 is 0 Å². The lowest BCUT2D eigenvalue weighted by Gasteiger charge is -2.08. The maximum Gasteiger partial charge on any atom is 0.271 e. The quantitative estimate of drug-likeness (QED) is 0.707. The maximum atomic E-state index is 12.8. The third-order valence-corrected chi connectivity index (χ3v) is 3.47. The average Bonchev–Trinajstić information content (AvgIpc) is 2.61. The minimum atomic E-state index is -0.302. The van der Waals surface area contributed by atoms with Gasteiger partial charge in [-0.3, -0.25) is 9.59 Å². The van der Waals surface area contributed by atoms with E-state index in [9.17, 15) is 14.0 Å². The van der Waals surface area contributed by atoms with E-state index in [0.717, 1.165) is 19.3 Å². The summed E-state index contributed by atoms with van der Waals surface area (Å²) < 4.78 is 19.5. The van der Waals surface area contributed by atoms with Gasteiger partial charge in [-0.15, -0.1) is 0 Å². The molecule has 1 aromatic heterocycles. The van der Waals surface area contributed by atoms with E-state index in [4.69, 9.17) is 4.74 Å². The monoisotopic (exact) mass is 347 g/mol. The van der Waals surface area contributed by atoms with Gasteiger partial charge in [0.05, 0.1) is 6.61 Å². The molecule has 0 aliphatic rings. The van der Waals surface area contributed by atoms with Crippen LogP contribution < -0.4 is 15.6 Å². The van der Waals surface area contributed by atoms with Crippen molar-refractivity contribution >= 4 is 5.91 Å². The number of halogens is 1. The van der Waals surface area contributed by atoms with Crippen LogP contribution in [-0.4, -0.2) is 28.8 Å². The standard InChI is InChI=1S/C18H22FN3O3/c1-2-12-22-17(23)10-9-16(21-22)18(24)20-11-3-4-13-25-15-7-5-14(19)6-8-15/h5-10H,2-4,11-13H2,1H3,(H,20,24). The molecule has 0 bridgehead atoms. The van der Waals surface area contributed by atoms with E-state index in [0.29, 0.717) is 25.4 Å². The summed E-state index contributed by atoms with van der Waals surface area (Å²) in [6.45, 7) is 3.40. The van der Waals surface area contributed by atoms with Gasteiger partial charge in [0.15, 0.2) is 0 Å². The second-order valence-corrected chi connectivity index (χ2v) is 5.55. The summed E-state index contributed by atoms with van der Waals surface area (Å²) in [5.41, 5.74) is 0.0203. The predicted octanol–water partition coefficient (Wildman–Crippen LogP) is 2.38. The highest BCUT2D eigenvalue weighted by Gasteiger charge is 2.08. The molecular formula is C18H22FN3O3. The summed E-state index contributed by atoms with van der Waals surface area (Å²) in [7, 11) is 0. The first-order valence-corrected chi connectivity index (χ1v) is 8.35. The SMILES string of the molecule is CCCn1nc(C(=O)NCCCCOc2ccc(F)cc2)ccc1=O. The Bertz CT molecular complexity index is 744. The fourth-order valence-electron chi connectivity index (χ4n) is 2.18. The molecule has 0 aliphatic carbocycles. The van der Waals surface area contributed by atoms with Gasteiger partial charge in [-0.25, -0.2) is 9.07 Å². The van der Waals surface area contributed by atoms with Crippen molar-refractivity contribution in [2.45, 2.75) is 32.7 Å². The average molecular weight is 347 g/mol. The van der Waals surface area contributed by atoms with E-state index in [1.807, 2.05) is 6.92 Å². The Morgan fingerprint density at radius 1 is 1.20 bits per heavy atom. The summed E-state index contributed by atoms with van der Waals surface area (Å²) in [5, 5.41) is 6.83. The Morgan fingerprint density at radius 3 is 2.68 bits per heavy atom. The molecule has 0 saturated heterocycles. The van der Waals surface area contributed by atoms with Crippen molar-refractivity contribution in [3.05, 3.63) is 58.3 Å². The van der Waals surface area contributed by atoms with Crippen LogP contribution in [0.1, 0.15) is 36.7 Å². The molecule has 0 radical (unpaired) electrons. The number of hydrogen-bond donors (Lipinski definition) is 1. The van der Waals surface area contributed by atoms with Crippen molar-refractivity contribution < 1.29 is 13.9 Å². The summed E-state index contributed by atoms with van der Waals surface area (Å²) in [6, 6.07) is 8.64. The van der Waals surface area contributed by atoms with Crippen molar-refractivity contribution in [1.29, 1.82) is 0 Å².